The number of hydrogen-bond donors (Lipinski definition) is 4. The molecule has 0 aromatic carbocycles. The Labute approximate surface area is 136 Å². The smallest absolute Gasteiger partial charge is 0.862 e. The summed E-state index contributed by atoms with van der Waals surface area (Å²) in [5.74, 6) is -4.68. The van der Waals surface area contributed by atoms with E-state index >= 15 is 0 Å². The first-order chi connectivity index (χ1) is 8.73. The van der Waals surface area contributed by atoms with E-state index < -0.39 is 42.3 Å². The zero-order valence-corrected chi connectivity index (χ0v) is 13.0. The van der Waals surface area contributed by atoms with Crippen LogP contribution in [0.4, 0.5) is 0 Å². The van der Waals surface area contributed by atoms with Crippen molar-refractivity contribution in [2.45, 2.75) is 37.8 Å². The van der Waals surface area contributed by atoms with E-state index in [1.165, 1.54) is 0 Å². The van der Waals surface area contributed by atoms with Gasteiger partial charge in [0, 0.05) is 6.42 Å². The number of nitrogens with two attached hydrogens (primary N) is 1. The minimum atomic E-state index is -1.44. The molecule has 0 saturated carbocycles. The molecule has 0 fully saturated rings. The molecule has 0 aliphatic rings. The van der Waals surface area contributed by atoms with Crippen LogP contribution in [-0.2, 0) is 14.4 Å². The first-order valence-corrected chi connectivity index (χ1v) is 5.40. The maximum Gasteiger partial charge on any atom is 1.00 e. The van der Waals surface area contributed by atoms with Crippen LogP contribution in [0.15, 0.2) is 4.99 Å². The SMILES string of the molecule is N[C@@H](CCC([O-])=N[C@@H](CCC(=O)O)C(=O)O)C(=O)O.[Na+]. The molecule has 0 saturated heterocycles. The predicted molar refractivity (Wildman–Crippen MR) is 60.6 cm³/mol. The molecular formula is C10H15N2NaO7. The first-order valence-electron chi connectivity index (χ1n) is 5.40. The molecular weight excluding hydrogens is 283 g/mol. The van der Waals surface area contributed by atoms with Gasteiger partial charge in [-0.15, -0.1) is 0 Å². The summed E-state index contributed by atoms with van der Waals surface area (Å²) in [6.07, 6.45) is -1.20. The third kappa shape index (κ3) is 9.73. The van der Waals surface area contributed by atoms with Crippen LogP contribution in [0.3, 0.4) is 0 Å². The van der Waals surface area contributed by atoms with Crippen LogP contribution in [0, 0.1) is 0 Å². The fourth-order valence-electron chi connectivity index (χ4n) is 1.14. The minimum Gasteiger partial charge on any atom is -0.862 e. The van der Waals surface area contributed by atoms with Gasteiger partial charge in [-0.3, -0.25) is 14.6 Å². The maximum absolute atomic E-state index is 11.3. The van der Waals surface area contributed by atoms with Crippen LogP contribution >= 0.6 is 0 Å². The predicted octanol–water partition coefficient (Wildman–Crippen LogP) is -4.74. The first kappa shape index (κ1) is 21.1. The molecule has 0 amide bonds. The summed E-state index contributed by atoms with van der Waals surface area (Å²) >= 11 is 0. The van der Waals surface area contributed by atoms with Gasteiger partial charge in [-0.1, -0.05) is 0 Å². The summed E-state index contributed by atoms with van der Waals surface area (Å²) in [7, 11) is 0. The second-order valence-electron chi connectivity index (χ2n) is 3.79. The molecule has 0 unspecified atom stereocenters. The van der Waals surface area contributed by atoms with Crippen molar-refractivity contribution < 1.29 is 64.4 Å². The van der Waals surface area contributed by atoms with Crippen molar-refractivity contribution in [2.75, 3.05) is 0 Å². The van der Waals surface area contributed by atoms with Crippen LogP contribution < -0.4 is 40.4 Å². The molecule has 0 bridgehead atoms. The molecule has 2 atom stereocenters. The van der Waals surface area contributed by atoms with Gasteiger partial charge >= 0.3 is 47.5 Å². The minimum absolute atomic E-state index is 0. The van der Waals surface area contributed by atoms with Crippen molar-refractivity contribution in [3.8, 4) is 0 Å². The fourth-order valence-corrected chi connectivity index (χ4v) is 1.14. The summed E-state index contributed by atoms with van der Waals surface area (Å²) in [5, 5.41) is 36.9. The summed E-state index contributed by atoms with van der Waals surface area (Å²) in [6.45, 7) is 0. The molecule has 9 nitrogen and oxygen atoms in total. The molecule has 0 spiro atoms. The van der Waals surface area contributed by atoms with E-state index in [2.05, 4.69) is 4.99 Å². The van der Waals surface area contributed by atoms with Gasteiger partial charge in [-0.05, 0) is 25.2 Å². The Hall–Kier alpha value is -1.16. The number of aliphatic carboxylic acids is 3. The Bertz CT molecular complexity index is 386. The molecule has 10 heteroatoms. The van der Waals surface area contributed by atoms with Gasteiger partial charge in [0.25, 0.3) is 0 Å². The molecule has 0 rings (SSSR count). The topological polar surface area (TPSA) is 173 Å². The average molecular weight is 298 g/mol. The second-order valence-corrected chi connectivity index (χ2v) is 3.79. The van der Waals surface area contributed by atoms with Gasteiger partial charge in [0.05, 0.1) is 0 Å². The molecule has 0 aromatic rings. The van der Waals surface area contributed by atoms with E-state index in [0.717, 1.165) is 0 Å². The van der Waals surface area contributed by atoms with Crippen LogP contribution in [0.25, 0.3) is 0 Å². The summed E-state index contributed by atoms with van der Waals surface area (Å²) in [6, 6.07) is -2.66. The van der Waals surface area contributed by atoms with Crippen molar-refractivity contribution in [3.05, 3.63) is 0 Å². The van der Waals surface area contributed by atoms with E-state index in [0.29, 0.717) is 0 Å². The van der Waals surface area contributed by atoms with Crippen molar-refractivity contribution in [1.29, 1.82) is 0 Å². The van der Waals surface area contributed by atoms with Crippen LogP contribution in [0.2, 0.25) is 0 Å². The van der Waals surface area contributed by atoms with Gasteiger partial charge in [-0.25, -0.2) is 4.79 Å². The number of nitrogens with zero attached hydrogens (tertiary/aromatic N) is 1. The standard InChI is InChI=1S/C10H16N2O7.Na/c11-5(9(16)17)1-3-7(13)12-6(10(18)19)2-4-8(14)15;/h5-6H,1-4,11H2,(H,12,13)(H,14,15)(H,16,17)(H,18,19);/q;+1/p-1/t5-,6-;/m0./s1. The van der Waals surface area contributed by atoms with Gasteiger partial charge in [-0.2, -0.15) is 0 Å². The maximum atomic E-state index is 11.3. The monoisotopic (exact) mass is 298 g/mol. The number of carboxylic acid groups (broad SMARTS) is 3. The normalized spacial score (nSPS) is 13.9. The molecule has 5 N–H and O–H groups in total. The number of hydrogen-bond acceptors (Lipinski definition) is 6. The van der Waals surface area contributed by atoms with E-state index in [4.69, 9.17) is 21.1 Å². The molecule has 20 heavy (non-hydrogen) atoms. The quantitative estimate of drug-likeness (QED) is 0.186. The van der Waals surface area contributed by atoms with Crippen molar-refractivity contribution in [1.82, 2.24) is 0 Å². The molecule has 108 valence electrons. The number of aliphatic imine (C=N–C) groups is 1. The Balaban J connectivity index is 0. The molecule has 0 aliphatic heterocycles. The van der Waals surface area contributed by atoms with Gasteiger partial charge in [0.2, 0.25) is 0 Å². The summed E-state index contributed by atoms with van der Waals surface area (Å²) in [4.78, 5) is 34.8. The van der Waals surface area contributed by atoms with Crippen LogP contribution in [0.1, 0.15) is 25.7 Å². The number of rotatable bonds is 9. The Morgan fingerprint density at radius 3 is 2.00 bits per heavy atom. The third-order valence-corrected chi connectivity index (χ3v) is 2.20. The Morgan fingerprint density at radius 1 is 1.05 bits per heavy atom. The summed E-state index contributed by atoms with van der Waals surface area (Å²) in [5.41, 5.74) is 5.17. The van der Waals surface area contributed by atoms with Crippen LogP contribution in [0.5, 0.6) is 0 Å². The Kier molecular flexibility index (Phi) is 11.2. The zero-order valence-electron chi connectivity index (χ0n) is 11.0. The summed E-state index contributed by atoms with van der Waals surface area (Å²) < 4.78 is 0. The fraction of sp³-hybridized carbons (Fsp3) is 0.600. The van der Waals surface area contributed by atoms with E-state index in [1.54, 1.807) is 0 Å². The average Bonchev–Trinajstić information content (AvgIpc) is 2.30. The van der Waals surface area contributed by atoms with Crippen molar-refractivity contribution >= 4 is 23.8 Å². The largest absolute Gasteiger partial charge is 1.00 e. The van der Waals surface area contributed by atoms with E-state index in [9.17, 15) is 19.5 Å². The third-order valence-electron chi connectivity index (χ3n) is 2.20. The van der Waals surface area contributed by atoms with E-state index in [1.807, 2.05) is 0 Å². The van der Waals surface area contributed by atoms with Crippen LogP contribution in [-0.4, -0.2) is 51.2 Å². The number of carboxylic acids is 3. The Morgan fingerprint density at radius 2 is 1.60 bits per heavy atom. The van der Waals surface area contributed by atoms with Crippen molar-refractivity contribution in [2.24, 2.45) is 10.7 Å². The molecule has 0 aliphatic carbocycles. The van der Waals surface area contributed by atoms with Crippen molar-refractivity contribution in [3.63, 3.8) is 0 Å². The van der Waals surface area contributed by atoms with Gasteiger partial charge < -0.3 is 26.2 Å². The zero-order chi connectivity index (χ0) is 15.0. The van der Waals surface area contributed by atoms with E-state index in [-0.39, 0.29) is 48.8 Å². The molecule has 0 radical (unpaired) electrons. The number of carbonyl (C=O) groups is 3. The molecule has 0 heterocycles. The van der Waals surface area contributed by atoms with Gasteiger partial charge in [0.15, 0.2) is 0 Å². The molecule has 0 aromatic heterocycles. The van der Waals surface area contributed by atoms with Gasteiger partial charge in [0.1, 0.15) is 12.1 Å². The second kappa shape index (κ2) is 10.6.